The van der Waals surface area contributed by atoms with Crippen LogP contribution in [0.4, 0.5) is 0 Å². The van der Waals surface area contributed by atoms with Gasteiger partial charge in [-0.3, -0.25) is 4.79 Å². The number of carbonyl (C=O) groups is 1. The fraction of sp³-hybridized carbons (Fsp3) is 0.231. The van der Waals surface area contributed by atoms with Crippen LogP contribution in [0.5, 0.6) is 0 Å². The smallest absolute Gasteiger partial charge is 0.242 e. The molecule has 0 aliphatic heterocycles. The number of aliphatic hydroxyl groups is 1. The maximum absolute atomic E-state index is 13.1. The van der Waals surface area contributed by atoms with Crippen LogP contribution in [0.2, 0.25) is 0 Å². The summed E-state index contributed by atoms with van der Waals surface area (Å²) >= 11 is 0. The molecular weight excluding hydrogens is 386 g/mol. The summed E-state index contributed by atoms with van der Waals surface area (Å²) in [4.78, 5) is 19.6. The lowest BCUT2D eigenvalue weighted by atomic mass is 10.1. The van der Waals surface area contributed by atoms with Crippen LogP contribution < -0.4 is 0 Å². The summed E-state index contributed by atoms with van der Waals surface area (Å²) in [7, 11) is 1.80. The Labute approximate surface area is 182 Å². The van der Waals surface area contributed by atoms with Crippen LogP contribution in [0.15, 0.2) is 72.8 Å². The number of hydrogen-bond donors (Lipinski definition) is 1. The van der Waals surface area contributed by atoms with E-state index in [9.17, 15) is 9.90 Å². The van der Waals surface area contributed by atoms with E-state index in [-0.39, 0.29) is 12.5 Å². The first-order valence-corrected chi connectivity index (χ1v) is 10.4. The Bertz CT molecular complexity index is 1200. The summed E-state index contributed by atoms with van der Waals surface area (Å²) in [6, 6.07) is 23.4. The van der Waals surface area contributed by atoms with Gasteiger partial charge in [0.15, 0.2) is 0 Å². The van der Waals surface area contributed by atoms with E-state index in [1.807, 2.05) is 91.2 Å². The molecule has 0 saturated carbocycles. The van der Waals surface area contributed by atoms with Crippen LogP contribution in [0, 0.1) is 13.8 Å². The molecule has 1 aromatic heterocycles. The molecule has 1 N–H and O–H groups in total. The molecule has 0 spiro atoms. The van der Waals surface area contributed by atoms with Crippen LogP contribution in [-0.4, -0.2) is 32.5 Å². The molecule has 3 aromatic carbocycles. The molecule has 5 heteroatoms. The second-order valence-electron chi connectivity index (χ2n) is 8.03. The average molecular weight is 414 g/mol. The van der Waals surface area contributed by atoms with Crippen molar-refractivity contribution in [3.05, 3.63) is 101 Å². The van der Waals surface area contributed by atoms with Gasteiger partial charge in [-0.05, 0) is 48.2 Å². The molecule has 1 heterocycles. The van der Waals surface area contributed by atoms with Crippen molar-refractivity contribution in [1.82, 2.24) is 14.5 Å². The van der Waals surface area contributed by atoms with Crippen molar-refractivity contribution >= 4 is 16.9 Å². The Morgan fingerprint density at radius 1 is 1.00 bits per heavy atom. The van der Waals surface area contributed by atoms with Crippen molar-refractivity contribution in [3.63, 3.8) is 0 Å². The standard InChI is InChI=1S/C26H27N3O2/c1-18-14-22-23(15-19(18)2)29(26(27-22)25(31)21-12-8-5-9-13-21)17-24(30)28(3)16-20-10-6-4-7-11-20/h4-15,25,31H,16-17H2,1-3H3. The van der Waals surface area contributed by atoms with Crippen molar-refractivity contribution < 1.29 is 9.90 Å². The molecule has 31 heavy (non-hydrogen) atoms. The number of aryl methyl sites for hydroxylation is 2. The maximum atomic E-state index is 13.1. The highest BCUT2D eigenvalue weighted by atomic mass is 16.3. The van der Waals surface area contributed by atoms with Crippen molar-refractivity contribution in [3.8, 4) is 0 Å². The molecule has 0 bridgehead atoms. The van der Waals surface area contributed by atoms with Crippen LogP contribution in [0.25, 0.3) is 11.0 Å². The quantitative estimate of drug-likeness (QED) is 0.510. The van der Waals surface area contributed by atoms with Gasteiger partial charge >= 0.3 is 0 Å². The van der Waals surface area contributed by atoms with E-state index in [0.717, 1.165) is 33.3 Å². The summed E-state index contributed by atoms with van der Waals surface area (Å²) in [5.41, 5.74) is 5.72. The molecule has 1 atom stereocenters. The molecule has 0 fully saturated rings. The molecule has 4 aromatic rings. The molecule has 0 radical (unpaired) electrons. The number of likely N-dealkylation sites (N-methyl/N-ethyl adjacent to an activating group) is 1. The number of aliphatic hydroxyl groups excluding tert-OH is 1. The lowest BCUT2D eigenvalue weighted by molar-refractivity contribution is -0.131. The molecular formula is C26H27N3O2. The van der Waals surface area contributed by atoms with Crippen LogP contribution >= 0.6 is 0 Å². The summed E-state index contributed by atoms with van der Waals surface area (Å²) in [6.45, 7) is 4.73. The van der Waals surface area contributed by atoms with Gasteiger partial charge in [-0.15, -0.1) is 0 Å². The van der Waals surface area contributed by atoms with Crippen molar-refractivity contribution in [2.45, 2.75) is 33.0 Å². The minimum atomic E-state index is -0.915. The summed E-state index contributed by atoms with van der Waals surface area (Å²) < 4.78 is 1.85. The molecule has 0 aliphatic rings. The Kier molecular flexibility index (Phi) is 5.87. The predicted molar refractivity (Wildman–Crippen MR) is 123 cm³/mol. The number of fused-ring (bicyclic) bond motifs is 1. The number of aromatic nitrogens is 2. The van der Waals surface area contributed by atoms with Crippen LogP contribution in [-0.2, 0) is 17.9 Å². The highest BCUT2D eigenvalue weighted by molar-refractivity contribution is 5.82. The average Bonchev–Trinajstić information content (AvgIpc) is 3.11. The minimum Gasteiger partial charge on any atom is -0.380 e. The number of hydrogen-bond acceptors (Lipinski definition) is 3. The number of nitrogens with zero attached hydrogens (tertiary/aromatic N) is 3. The van der Waals surface area contributed by atoms with E-state index in [4.69, 9.17) is 4.98 Å². The first-order chi connectivity index (χ1) is 14.9. The fourth-order valence-electron chi connectivity index (χ4n) is 3.76. The molecule has 5 nitrogen and oxygen atoms in total. The number of rotatable bonds is 6. The minimum absolute atomic E-state index is 0.0390. The summed E-state index contributed by atoms with van der Waals surface area (Å²) in [5, 5.41) is 11.1. The first-order valence-electron chi connectivity index (χ1n) is 10.4. The normalized spacial score (nSPS) is 12.1. The van der Waals surface area contributed by atoms with E-state index in [0.29, 0.717) is 12.4 Å². The lowest BCUT2D eigenvalue weighted by Crippen LogP contribution is -2.30. The largest absolute Gasteiger partial charge is 0.380 e. The van der Waals surface area contributed by atoms with Crippen LogP contribution in [0.3, 0.4) is 0 Å². The zero-order valence-corrected chi connectivity index (χ0v) is 18.1. The zero-order valence-electron chi connectivity index (χ0n) is 18.1. The molecule has 0 aliphatic carbocycles. The summed E-state index contributed by atoms with van der Waals surface area (Å²) in [5.74, 6) is 0.440. The van der Waals surface area contributed by atoms with E-state index < -0.39 is 6.10 Å². The van der Waals surface area contributed by atoms with Crippen molar-refractivity contribution in [2.24, 2.45) is 0 Å². The van der Waals surface area contributed by atoms with Gasteiger partial charge < -0.3 is 14.6 Å². The van der Waals surface area contributed by atoms with E-state index >= 15 is 0 Å². The number of amides is 1. The monoisotopic (exact) mass is 413 g/mol. The second kappa shape index (κ2) is 8.74. The first kappa shape index (κ1) is 20.8. The van der Waals surface area contributed by atoms with Gasteiger partial charge in [-0.25, -0.2) is 4.98 Å². The van der Waals surface area contributed by atoms with Gasteiger partial charge in [0.2, 0.25) is 5.91 Å². The molecule has 0 saturated heterocycles. The Balaban J connectivity index is 1.70. The molecule has 1 unspecified atom stereocenters. The Morgan fingerprint density at radius 3 is 2.29 bits per heavy atom. The summed E-state index contributed by atoms with van der Waals surface area (Å²) in [6.07, 6.45) is -0.915. The Hall–Kier alpha value is -3.44. The third kappa shape index (κ3) is 4.37. The fourth-order valence-corrected chi connectivity index (χ4v) is 3.76. The second-order valence-corrected chi connectivity index (χ2v) is 8.03. The number of imidazole rings is 1. The highest BCUT2D eigenvalue weighted by Crippen LogP contribution is 2.27. The van der Waals surface area contributed by atoms with Gasteiger partial charge in [0.1, 0.15) is 18.5 Å². The number of carbonyl (C=O) groups excluding carboxylic acids is 1. The van der Waals surface area contributed by atoms with Gasteiger partial charge in [0, 0.05) is 13.6 Å². The molecule has 158 valence electrons. The van der Waals surface area contributed by atoms with E-state index in [1.165, 1.54) is 0 Å². The third-order valence-electron chi connectivity index (χ3n) is 5.73. The Morgan fingerprint density at radius 2 is 1.61 bits per heavy atom. The van der Waals surface area contributed by atoms with Gasteiger partial charge in [0.05, 0.1) is 11.0 Å². The van der Waals surface area contributed by atoms with Crippen molar-refractivity contribution in [2.75, 3.05) is 7.05 Å². The van der Waals surface area contributed by atoms with Gasteiger partial charge in [0.25, 0.3) is 0 Å². The van der Waals surface area contributed by atoms with E-state index in [2.05, 4.69) is 0 Å². The molecule has 4 rings (SSSR count). The lowest BCUT2D eigenvalue weighted by Gasteiger charge is -2.20. The third-order valence-corrected chi connectivity index (χ3v) is 5.73. The zero-order chi connectivity index (χ0) is 22.0. The number of benzene rings is 3. The SMILES string of the molecule is Cc1cc2nc(C(O)c3ccccc3)n(CC(=O)N(C)Cc3ccccc3)c2cc1C. The van der Waals surface area contributed by atoms with Crippen molar-refractivity contribution in [1.29, 1.82) is 0 Å². The maximum Gasteiger partial charge on any atom is 0.242 e. The van der Waals surface area contributed by atoms with Gasteiger partial charge in [-0.2, -0.15) is 0 Å². The highest BCUT2D eigenvalue weighted by Gasteiger charge is 2.23. The van der Waals surface area contributed by atoms with Gasteiger partial charge in [-0.1, -0.05) is 60.7 Å². The van der Waals surface area contributed by atoms with Crippen LogP contribution in [0.1, 0.15) is 34.2 Å². The topological polar surface area (TPSA) is 58.4 Å². The van der Waals surface area contributed by atoms with E-state index in [1.54, 1.807) is 11.9 Å². The molecule has 1 amide bonds. The predicted octanol–water partition coefficient (Wildman–Crippen LogP) is 4.39.